The van der Waals surface area contributed by atoms with Gasteiger partial charge in [0.05, 0.1) is 0 Å². The summed E-state index contributed by atoms with van der Waals surface area (Å²) in [5.41, 5.74) is 1.14. The van der Waals surface area contributed by atoms with Crippen LogP contribution in [0.5, 0.6) is 0 Å². The molecule has 0 aromatic carbocycles. The summed E-state index contributed by atoms with van der Waals surface area (Å²) >= 11 is 6.63. The molecular weight excluding hydrogens is 329 g/mol. The van der Waals surface area contributed by atoms with Gasteiger partial charge in [-0.25, -0.2) is 0 Å². The van der Waals surface area contributed by atoms with Crippen molar-refractivity contribution in [3.8, 4) is 0 Å². The third-order valence-corrected chi connectivity index (χ3v) is 2.75. The molecular formula is C6H6ClNPb. The van der Waals surface area contributed by atoms with Crippen LogP contribution in [0.25, 0.3) is 0 Å². The summed E-state index contributed by atoms with van der Waals surface area (Å²) in [6.45, 7) is 0. The van der Waals surface area contributed by atoms with Gasteiger partial charge in [-0.05, 0) is 0 Å². The Kier molecular flexibility index (Phi) is 2.91. The second-order valence-corrected chi connectivity index (χ2v) is 6.39. The summed E-state index contributed by atoms with van der Waals surface area (Å²) in [6.07, 6.45) is 3.57. The Bertz CT molecular complexity index is 176. The predicted molar refractivity (Wildman–Crippen MR) is 40.0 cm³/mol. The summed E-state index contributed by atoms with van der Waals surface area (Å²) in [6, 6.07) is 3.91. The van der Waals surface area contributed by atoms with E-state index in [4.69, 9.17) is 11.6 Å². The first kappa shape index (κ1) is 7.47. The van der Waals surface area contributed by atoms with E-state index in [9.17, 15) is 0 Å². The molecule has 1 unspecified atom stereocenters. The summed E-state index contributed by atoms with van der Waals surface area (Å²) in [4.78, 5) is 3.95. The van der Waals surface area contributed by atoms with E-state index in [1.54, 1.807) is 6.20 Å². The minimum atomic E-state index is 0.235. The topological polar surface area (TPSA) is 12.9 Å². The van der Waals surface area contributed by atoms with Crippen molar-refractivity contribution in [2.75, 3.05) is 0 Å². The maximum atomic E-state index is 5.84. The van der Waals surface area contributed by atoms with Gasteiger partial charge in [0.2, 0.25) is 0 Å². The fourth-order valence-corrected chi connectivity index (χ4v) is 1.43. The van der Waals surface area contributed by atoms with E-state index in [0.29, 0.717) is 0 Å². The standard InChI is InChI=1S/C6H5ClN.Pb.H/c7-4-6-2-1-3-8-5-6;;/h1-5H;;. The van der Waals surface area contributed by atoms with Crippen molar-refractivity contribution >= 4 is 37.4 Å². The van der Waals surface area contributed by atoms with Gasteiger partial charge in [-0.3, -0.25) is 0 Å². The summed E-state index contributed by atoms with van der Waals surface area (Å²) in [5, 5.41) is 0. The van der Waals surface area contributed by atoms with Crippen LogP contribution in [-0.2, 0) is 0 Å². The minimum absolute atomic E-state index is 0.235. The van der Waals surface area contributed by atoms with Gasteiger partial charge >= 0.3 is 75.4 Å². The molecule has 9 heavy (non-hydrogen) atoms. The SMILES string of the molecule is Cl[CH]([PbH])c1cccnc1. The molecule has 1 heterocycles. The van der Waals surface area contributed by atoms with Crippen molar-refractivity contribution in [1.82, 2.24) is 4.98 Å². The molecule has 46 valence electrons. The van der Waals surface area contributed by atoms with Crippen LogP contribution in [-0.4, -0.2) is 30.8 Å². The second kappa shape index (κ2) is 3.51. The van der Waals surface area contributed by atoms with Gasteiger partial charge in [-0.1, -0.05) is 0 Å². The Hall–Kier alpha value is 0.362. The number of hydrogen-bond donors (Lipinski definition) is 0. The second-order valence-electron chi connectivity index (χ2n) is 1.69. The van der Waals surface area contributed by atoms with Gasteiger partial charge < -0.3 is 0 Å². The first-order valence-corrected chi connectivity index (χ1v) is 5.63. The van der Waals surface area contributed by atoms with Gasteiger partial charge in [0.15, 0.2) is 0 Å². The number of halogens is 1. The zero-order valence-corrected chi connectivity index (χ0v) is 10.0. The molecule has 0 aliphatic carbocycles. The number of rotatable bonds is 1. The van der Waals surface area contributed by atoms with Crippen LogP contribution in [0.3, 0.4) is 0 Å². The normalized spacial score (nSPS) is 13.1. The first-order valence-electron chi connectivity index (χ1n) is 2.60. The van der Waals surface area contributed by atoms with E-state index in [2.05, 4.69) is 4.98 Å². The Morgan fingerprint density at radius 2 is 2.44 bits per heavy atom. The van der Waals surface area contributed by atoms with E-state index < -0.39 is 0 Å². The van der Waals surface area contributed by atoms with Gasteiger partial charge in [0, 0.05) is 0 Å². The monoisotopic (exact) mass is 335 g/mol. The fraction of sp³-hybridized carbons (Fsp3) is 0.167. The van der Waals surface area contributed by atoms with Gasteiger partial charge in [0.25, 0.3) is 0 Å². The molecule has 1 atom stereocenters. The molecule has 0 saturated heterocycles. The van der Waals surface area contributed by atoms with E-state index in [-0.39, 0.29) is 2.94 Å². The zero-order valence-electron chi connectivity index (χ0n) is 4.79. The molecule has 1 rings (SSSR count). The first-order chi connectivity index (χ1) is 4.30. The summed E-state index contributed by atoms with van der Waals surface area (Å²) < 4.78 is 0.235. The van der Waals surface area contributed by atoms with E-state index >= 15 is 0 Å². The average Bonchev–Trinajstić information content (AvgIpc) is 1.90. The quantitative estimate of drug-likeness (QED) is 0.556. The van der Waals surface area contributed by atoms with Gasteiger partial charge in [-0.2, -0.15) is 0 Å². The van der Waals surface area contributed by atoms with Crippen molar-refractivity contribution < 1.29 is 0 Å². The van der Waals surface area contributed by atoms with Crippen LogP contribution in [0.2, 0.25) is 0 Å². The number of aromatic nitrogens is 1. The molecule has 0 aliphatic rings. The molecule has 0 spiro atoms. The molecule has 0 bridgehead atoms. The van der Waals surface area contributed by atoms with Crippen LogP contribution in [0.15, 0.2) is 24.5 Å². The molecule has 1 aromatic rings. The van der Waals surface area contributed by atoms with E-state index in [0.717, 1.165) is 31.3 Å². The average molecular weight is 335 g/mol. The molecule has 1 aromatic heterocycles. The van der Waals surface area contributed by atoms with Crippen molar-refractivity contribution in [2.45, 2.75) is 2.94 Å². The number of nitrogens with zero attached hydrogens (tertiary/aromatic N) is 1. The molecule has 0 aliphatic heterocycles. The van der Waals surface area contributed by atoms with Crippen LogP contribution in [0.1, 0.15) is 8.50 Å². The Morgan fingerprint density at radius 3 is 2.78 bits per heavy atom. The predicted octanol–water partition coefficient (Wildman–Crippen LogP) is 1.22. The third-order valence-electron chi connectivity index (χ3n) is 1.00. The van der Waals surface area contributed by atoms with E-state index in [1.165, 1.54) is 0 Å². The molecule has 3 heteroatoms. The Balaban J connectivity index is 2.85. The molecule has 0 N–H and O–H groups in total. The fourth-order valence-electron chi connectivity index (χ4n) is 0.539. The summed E-state index contributed by atoms with van der Waals surface area (Å²) in [5.74, 6) is 0. The number of alkyl halides is 1. The van der Waals surface area contributed by atoms with Crippen molar-refractivity contribution in [1.29, 1.82) is 0 Å². The van der Waals surface area contributed by atoms with Crippen LogP contribution >= 0.6 is 11.6 Å². The van der Waals surface area contributed by atoms with Crippen molar-refractivity contribution in [3.05, 3.63) is 30.1 Å². The van der Waals surface area contributed by atoms with Crippen LogP contribution in [0, 0.1) is 0 Å². The molecule has 2 radical (unpaired) electrons. The summed E-state index contributed by atoms with van der Waals surface area (Å²) in [7, 11) is 0. The molecule has 1 nitrogen and oxygen atoms in total. The molecule has 0 fully saturated rings. The van der Waals surface area contributed by atoms with Crippen molar-refractivity contribution in [3.63, 3.8) is 0 Å². The molecule has 0 saturated carbocycles. The van der Waals surface area contributed by atoms with Crippen LogP contribution in [0.4, 0.5) is 0 Å². The van der Waals surface area contributed by atoms with E-state index in [1.807, 2.05) is 18.3 Å². The molecule has 0 amide bonds. The maximum absolute atomic E-state index is 5.84. The third kappa shape index (κ3) is 2.21. The van der Waals surface area contributed by atoms with Crippen molar-refractivity contribution in [2.24, 2.45) is 0 Å². The number of pyridine rings is 1. The van der Waals surface area contributed by atoms with Gasteiger partial charge in [0.1, 0.15) is 0 Å². The zero-order chi connectivity index (χ0) is 6.69. The number of hydrogen-bond acceptors (Lipinski definition) is 1. The Labute approximate surface area is 75.1 Å². The van der Waals surface area contributed by atoms with Crippen LogP contribution < -0.4 is 0 Å². The van der Waals surface area contributed by atoms with Gasteiger partial charge in [-0.15, -0.1) is 0 Å². The Morgan fingerprint density at radius 1 is 1.67 bits per heavy atom.